The second kappa shape index (κ2) is 2.07. The van der Waals surface area contributed by atoms with E-state index in [1.165, 1.54) is 0 Å². The van der Waals surface area contributed by atoms with E-state index in [1.807, 2.05) is 0 Å². The molecule has 0 radical (unpaired) electrons. The van der Waals surface area contributed by atoms with Crippen LogP contribution in [0.2, 0.25) is 11.5 Å². The second-order valence-corrected chi connectivity index (χ2v) is 23.7. The quantitative estimate of drug-likeness (QED) is 0.542. The first kappa shape index (κ1) is 6.11. The summed E-state index contributed by atoms with van der Waals surface area (Å²) in [6.07, 6.45) is 0. The summed E-state index contributed by atoms with van der Waals surface area (Å²) in [5.74, 6) is 4.82. The van der Waals surface area contributed by atoms with Gasteiger partial charge in [-0.3, -0.25) is 0 Å². The van der Waals surface area contributed by atoms with Crippen molar-refractivity contribution in [3.63, 3.8) is 0 Å². The summed E-state index contributed by atoms with van der Waals surface area (Å²) in [7, 11) is 2.89. The molecule has 0 aromatic carbocycles. The molecule has 1 aliphatic rings. The van der Waals surface area contributed by atoms with Gasteiger partial charge in [0.2, 0.25) is 0 Å². The minimum atomic E-state index is -1.25. The normalized spacial score (nSPS) is 26.0. The molecule has 0 amide bonds. The predicted molar refractivity (Wildman–Crippen MR) is 41.8 cm³/mol. The molecule has 0 fully saturated rings. The van der Waals surface area contributed by atoms with Gasteiger partial charge < -0.3 is 0 Å². The first-order valence-corrected chi connectivity index (χ1v) is 13.3. The summed E-state index contributed by atoms with van der Waals surface area (Å²) >= 11 is 0. The molecule has 0 saturated carbocycles. The predicted octanol–water partition coefficient (Wildman–Crippen LogP) is 2.64. The van der Waals surface area contributed by atoms with Crippen molar-refractivity contribution in [3.05, 3.63) is 10.8 Å². The molecular formula is C4H8GeS2. The Balaban J connectivity index is 2.49. The zero-order valence-electron chi connectivity index (χ0n) is 4.47. The van der Waals surface area contributed by atoms with Crippen LogP contribution in [0.4, 0.5) is 0 Å². The van der Waals surface area contributed by atoms with Gasteiger partial charge in [-0.25, -0.2) is 0 Å². The molecule has 0 aliphatic carbocycles. The molecule has 0 bridgehead atoms. The van der Waals surface area contributed by atoms with E-state index >= 15 is 0 Å². The van der Waals surface area contributed by atoms with E-state index in [1.54, 1.807) is 0 Å². The molecule has 0 atom stereocenters. The Kier molecular flexibility index (Phi) is 1.81. The Labute approximate surface area is 53.5 Å². The summed E-state index contributed by atoms with van der Waals surface area (Å²) in [5, 5.41) is 4.45. The van der Waals surface area contributed by atoms with E-state index < -0.39 is 11.0 Å². The van der Waals surface area contributed by atoms with Crippen molar-refractivity contribution < 1.29 is 0 Å². The number of hydrogen-bond acceptors (Lipinski definition) is 2. The van der Waals surface area contributed by atoms with Crippen LogP contribution >= 0.6 is 20.2 Å². The third kappa shape index (κ3) is 1.74. The van der Waals surface area contributed by atoms with Crippen LogP contribution in [0.25, 0.3) is 0 Å². The summed E-state index contributed by atoms with van der Waals surface area (Å²) in [6.45, 7) is 0. The van der Waals surface area contributed by atoms with Crippen LogP contribution in [0.5, 0.6) is 0 Å². The van der Waals surface area contributed by atoms with Crippen LogP contribution in [0.3, 0.4) is 0 Å². The molecule has 1 rings (SSSR count). The van der Waals surface area contributed by atoms with Crippen molar-refractivity contribution in [2.75, 3.05) is 0 Å². The Morgan fingerprint density at radius 3 is 1.71 bits per heavy atom. The van der Waals surface area contributed by atoms with Crippen molar-refractivity contribution in [2.45, 2.75) is 11.5 Å². The maximum absolute atomic E-state index is 2.41. The van der Waals surface area contributed by atoms with Crippen molar-refractivity contribution in [3.8, 4) is 0 Å². The Hall–Kier alpha value is 0.983. The van der Waals surface area contributed by atoms with Crippen molar-refractivity contribution in [2.24, 2.45) is 0 Å². The molecule has 0 aromatic rings. The molecular weight excluding hydrogens is 185 g/mol. The molecule has 7 heavy (non-hydrogen) atoms. The molecule has 3 heteroatoms. The first-order valence-electron chi connectivity index (χ1n) is 2.21. The number of hydrogen-bond donors (Lipinski definition) is 0. The Morgan fingerprint density at radius 1 is 1.14 bits per heavy atom. The van der Waals surface area contributed by atoms with Gasteiger partial charge in [0.15, 0.2) is 0 Å². The average molecular weight is 193 g/mol. The van der Waals surface area contributed by atoms with Gasteiger partial charge in [-0.2, -0.15) is 0 Å². The van der Waals surface area contributed by atoms with Gasteiger partial charge in [0.05, 0.1) is 0 Å². The SMILES string of the molecule is [CH3][Ge]1([CH3])[S]C=C[S]1. The Morgan fingerprint density at radius 2 is 1.57 bits per heavy atom. The zero-order valence-corrected chi connectivity index (χ0v) is 8.20. The third-order valence-electron chi connectivity index (χ3n) is 0.759. The van der Waals surface area contributed by atoms with Crippen molar-refractivity contribution in [1.29, 1.82) is 0 Å². The van der Waals surface area contributed by atoms with Crippen LogP contribution in [0.1, 0.15) is 0 Å². The molecule has 0 saturated heterocycles. The molecule has 0 spiro atoms. The van der Waals surface area contributed by atoms with Gasteiger partial charge in [0, 0.05) is 0 Å². The van der Waals surface area contributed by atoms with E-state index in [0.717, 1.165) is 0 Å². The third-order valence-corrected chi connectivity index (χ3v) is 14.5. The molecule has 0 aromatic heterocycles. The average Bonchev–Trinajstić information content (AvgIpc) is 1.84. The van der Waals surface area contributed by atoms with Crippen LogP contribution < -0.4 is 0 Å². The number of rotatable bonds is 0. The van der Waals surface area contributed by atoms with Gasteiger partial charge >= 0.3 is 53.5 Å². The van der Waals surface area contributed by atoms with Crippen molar-refractivity contribution >= 4 is 31.2 Å². The second-order valence-electron chi connectivity index (χ2n) is 1.91. The van der Waals surface area contributed by atoms with E-state index in [0.29, 0.717) is 0 Å². The molecule has 0 nitrogen and oxygen atoms in total. The molecule has 40 valence electrons. The minimum absolute atomic E-state index is 1.25. The Bertz CT molecular complexity index is 87.9. The molecule has 1 aliphatic heterocycles. The maximum atomic E-state index is 2.41. The summed E-state index contributed by atoms with van der Waals surface area (Å²) < 4.78 is 0. The summed E-state index contributed by atoms with van der Waals surface area (Å²) in [6, 6.07) is 0. The van der Waals surface area contributed by atoms with Gasteiger partial charge in [-0.05, 0) is 0 Å². The molecule has 0 unspecified atom stereocenters. The van der Waals surface area contributed by atoms with E-state index in [-0.39, 0.29) is 0 Å². The molecule has 1 heterocycles. The summed E-state index contributed by atoms with van der Waals surface area (Å²) in [4.78, 5) is 0. The van der Waals surface area contributed by atoms with Gasteiger partial charge in [0.25, 0.3) is 0 Å². The monoisotopic (exact) mass is 194 g/mol. The van der Waals surface area contributed by atoms with Gasteiger partial charge in [-0.1, -0.05) is 0 Å². The molecule has 0 N–H and O–H groups in total. The van der Waals surface area contributed by atoms with Gasteiger partial charge in [-0.15, -0.1) is 0 Å². The van der Waals surface area contributed by atoms with E-state index in [4.69, 9.17) is 0 Å². The first-order chi connectivity index (χ1) is 3.21. The fourth-order valence-corrected chi connectivity index (χ4v) is 10.7. The van der Waals surface area contributed by atoms with Crippen LogP contribution in [-0.2, 0) is 0 Å². The fourth-order valence-electron chi connectivity index (χ4n) is 0.411. The van der Waals surface area contributed by atoms with Crippen LogP contribution in [-0.4, -0.2) is 11.0 Å². The van der Waals surface area contributed by atoms with Crippen LogP contribution in [0, 0.1) is 0 Å². The van der Waals surface area contributed by atoms with Crippen LogP contribution in [0.15, 0.2) is 10.8 Å². The van der Waals surface area contributed by atoms with E-state index in [9.17, 15) is 0 Å². The summed E-state index contributed by atoms with van der Waals surface area (Å²) in [5.41, 5.74) is 0. The fraction of sp³-hybridized carbons (Fsp3) is 0.500. The zero-order chi connectivity index (χ0) is 5.33. The van der Waals surface area contributed by atoms with Crippen molar-refractivity contribution in [1.82, 2.24) is 0 Å². The van der Waals surface area contributed by atoms with E-state index in [2.05, 4.69) is 42.5 Å². The van der Waals surface area contributed by atoms with Gasteiger partial charge in [0.1, 0.15) is 0 Å². The standard InChI is InChI=1S/C4H8GeS2/c1-5(2)6-3-4-7-5/h3-4H,1-2H3. The topological polar surface area (TPSA) is 0 Å².